The van der Waals surface area contributed by atoms with Crippen molar-refractivity contribution in [1.82, 2.24) is 10.2 Å². The summed E-state index contributed by atoms with van der Waals surface area (Å²) in [5, 5.41) is 3.37. The highest BCUT2D eigenvalue weighted by Crippen LogP contribution is 2.25. The largest absolute Gasteiger partial charge is 0.468 e. The van der Waals surface area contributed by atoms with Crippen LogP contribution in [0.25, 0.3) is 0 Å². The first-order chi connectivity index (χ1) is 9.35. The van der Waals surface area contributed by atoms with Gasteiger partial charge in [-0.15, -0.1) is 0 Å². The van der Waals surface area contributed by atoms with E-state index in [2.05, 4.69) is 35.3 Å². The zero-order valence-corrected chi connectivity index (χ0v) is 11.4. The summed E-state index contributed by atoms with van der Waals surface area (Å²) in [7, 11) is 0. The first-order valence-electron chi connectivity index (χ1n) is 6.91. The van der Waals surface area contributed by atoms with Crippen molar-refractivity contribution >= 4 is 0 Å². The molecular weight excluding hydrogens is 236 g/mol. The molecule has 1 aromatic heterocycles. The third-order valence-electron chi connectivity index (χ3n) is 3.60. The van der Waals surface area contributed by atoms with E-state index in [-0.39, 0.29) is 0 Å². The van der Waals surface area contributed by atoms with Gasteiger partial charge in [-0.3, -0.25) is 4.90 Å². The van der Waals surface area contributed by atoms with Crippen molar-refractivity contribution in [3.05, 3.63) is 59.0 Å². The van der Waals surface area contributed by atoms with Crippen molar-refractivity contribution < 1.29 is 4.42 Å². The standard InChI is InChI=1S/C16H20N2O/c1-2-17-9-13-5-6-14-10-18(11-15(14)8-13)12-16-4-3-7-19-16/h3-8,17H,2,9-12H2,1H3. The molecule has 0 unspecified atom stereocenters. The molecule has 1 aliphatic rings. The highest BCUT2D eigenvalue weighted by Gasteiger charge is 2.19. The molecule has 0 radical (unpaired) electrons. The normalized spacial score (nSPS) is 14.8. The van der Waals surface area contributed by atoms with Gasteiger partial charge in [0.15, 0.2) is 0 Å². The predicted molar refractivity (Wildman–Crippen MR) is 75.5 cm³/mol. The van der Waals surface area contributed by atoms with Crippen LogP contribution in [-0.2, 0) is 26.2 Å². The quantitative estimate of drug-likeness (QED) is 0.891. The Balaban J connectivity index is 1.66. The molecule has 2 heterocycles. The zero-order chi connectivity index (χ0) is 13.1. The van der Waals surface area contributed by atoms with Gasteiger partial charge in [-0.05, 0) is 35.4 Å². The molecule has 1 aliphatic heterocycles. The summed E-state index contributed by atoms with van der Waals surface area (Å²) in [5.41, 5.74) is 4.29. The van der Waals surface area contributed by atoms with E-state index in [9.17, 15) is 0 Å². The Hall–Kier alpha value is -1.58. The van der Waals surface area contributed by atoms with Gasteiger partial charge in [0.25, 0.3) is 0 Å². The molecule has 0 bridgehead atoms. The zero-order valence-electron chi connectivity index (χ0n) is 11.4. The van der Waals surface area contributed by atoms with Crippen LogP contribution in [0.5, 0.6) is 0 Å². The SMILES string of the molecule is CCNCc1ccc2c(c1)CN(Cc1ccco1)C2. The summed E-state index contributed by atoms with van der Waals surface area (Å²) in [6.07, 6.45) is 1.74. The number of furan rings is 1. The Morgan fingerprint density at radius 2 is 2.11 bits per heavy atom. The molecule has 1 N–H and O–H groups in total. The second-order valence-electron chi connectivity index (χ2n) is 5.11. The second kappa shape index (κ2) is 5.59. The summed E-state index contributed by atoms with van der Waals surface area (Å²) in [6, 6.07) is 10.8. The molecule has 19 heavy (non-hydrogen) atoms. The van der Waals surface area contributed by atoms with Gasteiger partial charge in [-0.2, -0.15) is 0 Å². The van der Waals surface area contributed by atoms with Crippen LogP contribution < -0.4 is 5.32 Å². The van der Waals surface area contributed by atoms with Crippen molar-refractivity contribution in [2.75, 3.05) is 6.54 Å². The van der Waals surface area contributed by atoms with Crippen LogP contribution >= 0.6 is 0 Å². The van der Waals surface area contributed by atoms with Crippen LogP contribution in [0.3, 0.4) is 0 Å². The van der Waals surface area contributed by atoms with Gasteiger partial charge in [-0.25, -0.2) is 0 Å². The minimum atomic E-state index is 0.893. The highest BCUT2D eigenvalue weighted by molar-refractivity contribution is 5.34. The third-order valence-corrected chi connectivity index (χ3v) is 3.60. The molecule has 0 spiro atoms. The number of hydrogen-bond donors (Lipinski definition) is 1. The van der Waals surface area contributed by atoms with Gasteiger partial charge >= 0.3 is 0 Å². The van der Waals surface area contributed by atoms with E-state index < -0.39 is 0 Å². The van der Waals surface area contributed by atoms with E-state index in [0.717, 1.165) is 38.5 Å². The van der Waals surface area contributed by atoms with E-state index in [4.69, 9.17) is 4.42 Å². The molecule has 3 rings (SSSR count). The van der Waals surface area contributed by atoms with Crippen molar-refractivity contribution in [3.63, 3.8) is 0 Å². The fraction of sp³-hybridized carbons (Fsp3) is 0.375. The van der Waals surface area contributed by atoms with Gasteiger partial charge in [-0.1, -0.05) is 25.1 Å². The van der Waals surface area contributed by atoms with Crippen LogP contribution in [0.15, 0.2) is 41.0 Å². The maximum absolute atomic E-state index is 5.42. The minimum Gasteiger partial charge on any atom is -0.468 e. The van der Waals surface area contributed by atoms with E-state index in [1.165, 1.54) is 16.7 Å². The smallest absolute Gasteiger partial charge is 0.117 e. The Kier molecular flexibility index (Phi) is 3.67. The number of rotatable bonds is 5. The molecule has 3 nitrogen and oxygen atoms in total. The predicted octanol–water partition coefficient (Wildman–Crippen LogP) is 2.90. The maximum Gasteiger partial charge on any atom is 0.117 e. The maximum atomic E-state index is 5.42. The molecule has 0 aliphatic carbocycles. The van der Waals surface area contributed by atoms with Crippen LogP contribution in [0.4, 0.5) is 0 Å². The van der Waals surface area contributed by atoms with E-state index in [1.807, 2.05) is 12.1 Å². The third kappa shape index (κ3) is 2.88. The summed E-state index contributed by atoms with van der Waals surface area (Å²) in [6.45, 7) is 7.06. The lowest BCUT2D eigenvalue weighted by atomic mass is 10.1. The number of nitrogens with one attached hydrogen (secondary N) is 1. The fourth-order valence-electron chi connectivity index (χ4n) is 2.63. The molecule has 0 saturated carbocycles. The average Bonchev–Trinajstić information content (AvgIpc) is 3.04. The minimum absolute atomic E-state index is 0.893. The summed E-state index contributed by atoms with van der Waals surface area (Å²) >= 11 is 0. The number of nitrogens with zero attached hydrogens (tertiary/aromatic N) is 1. The van der Waals surface area contributed by atoms with E-state index in [1.54, 1.807) is 6.26 Å². The Morgan fingerprint density at radius 1 is 1.21 bits per heavy atom. The highest BCUT2D eigenvalue weighted by atomic mass is 16.3. The molecule has 0 fully saturated rings. The number of hydrogen-bond acceptors (Lipinski definition) is 3. The lowest BCUT2D eigenvalue weighted by molar-refractivity contribution is 0.251. The first kappa shape index (κ1) is 12.5. The molecule has 0 atom stereocenters. The molecule has 0 amide bonds. The molecule has 0 saturated heterocycles. The van der Waals surface area contributed by atoms with Crippen LogP contribution in [0.1, 0.15) is 29.4 Å². The van der Waals surface area contributed by atoms with Crippen molar-refractivity contribution in [1.29, 1.82) is 0 Å². The van der Waals surface area contributed by atoms with Crippen molar-refractivity contribution in [2.24, 2.45) is 0 Å². The molecule has 1 aromatic carbocycles. The van der Waals surface area contributed by atoms with Gasteiger partial charge in [0.05, 0.1) is 12.8 Å². The van der Waals surface area contributed by atoms with Crippen LogP contribution in [0, 0.1) is 0 Å². The summed E-state index contributed by atoms with van der Waals surface area (Å²) < 4.78 is 5.42. The first-order valence-corrected chi connectivity index (χ1v) is 6.91. The van der Waals surface area contributed by atoms with Gasteiger partial charge in [0, 0.05) is 19.6 Å². The average molecular weight is 256 g/mol. The Morgan fingerprint density at radius 3 is 2.89 bits per heavy atom. The molecule has 2 aromatic rings. The monoisotopic (exact) mass is 256 g/mol. The van der Waals surface area contributed by atoms with Crippen LogP contribution in [-0.4, -0.2) is 11.4 Å². The van der Waals surface area contributed by atoms with Gasteiger partial charge in [0.1, 0.15) is 5.76 Å². The van der Waals surface area contributed by atoms with Crippen molar-refractivity contribution in [3.8, 4) is 0 Å². The van der Waals surface area contributed by atoms with Crippen LogP contribution in [0.2, 0.25) is 0 Å². The topological polar surface area (TPSA) is 28.4 Å². The molecule has 3 heteroatoms. The van der Waals surface area contributed by atoms with E-state index in [0.29, 0.717) is 0 Å². The molecule has 100 valence electrons. The summed E-state index contributed by atoms with van der Waals surface area (Å²) in [5.74, 6) is 1.04. The summed E-state index contributed by atoms with van der Waals surface area (Å²) in [4.78, 5) is 2.42. The lowest BCUT2D eigenvalue weighted by Crippen LogP contribution is -2.15. The molecular formula is C16H20N2O. The Labute approximate surface area is 114 Å². The Bertz CT molecular complexity index is 534. The fourth-order valence-corrected chi connectivity index (χ4v) is 2.63. The van der Waals surface area contributed by atoms with E-state index >= 15 is 0 Å². The van der Waals surface area contributed by atoms with Gasteiger partial charge < -0.3 is 9.73 Å². The lowest BCUT2D eigenvalue weighted by Gasteiger charge is -2.12. The second-order valence-corrected chi connectivity index (χ2v) is 5.11. The van der Waals surface area contributed by atoms with Crippen molar-refractivity contribution in [2.45, 2.75) is 33.1 Å². The van der Waals surface area contributed by atoms with Gasteiger partial charge in [0.2, 0.25) is 0 Å². The number of benzene rings is 1. The number of fused-ring (bicyclic) bond motifs is 1.